The molecule has 2 N–H and O–H groups in total. The zero-order chi connectivity index (χ0) is 32.4. The normalized spacial score (nSPS) is 25.3. The molecule has 2 fully saturated rings. The van der Waals surface area contributed by atoms with Crippen molar-refractivity contribution in [2.45, 2.75) is 97.1 Å². The second-order valence-corrected chi connectivity index (χ2v) is 12.6. The predicted molar refractivity (Wildman–Crippen MR) is 156 cm³/mol. The van der Waals surface area contributed by atoms with Crippen molar-refractivity contribution in [1.29, 1.82) is 0 Å². The van der Waals surface area contributed by atoms with E-state index in [0.717, 1.165) is 29.5 Å². The molecule has 1 aliphatic heterocycles. The first-order valence-corrected chi connectivity index (χ1v) is 15.3. The minimum Gasteiger partial charge on any atom is -0.489 e. The third-order valence-electron chi connectivity index (χ3n) is 8.95. The second-order valence-electron chi connectivity index (χ2n) is 12.6. The minimum absolute atomic E-state index is 0.0388. The lowest BCUT2D eigenvalue weighted by atomic mass is 9.83. The van der Waals surface area contributed by atoms with Gasteiger partial charge in [0, 0.05) is 12.0 Å². The van der Waals surface area contributed by atoms with E-state index < -0.39 is 47.0 Å². The topological polar surface area (TPSA) is 58.6 Å². The molecule has 6 unspecified atom stereocenters. The molecule has 0 aromatic heterocycles. The minimum atomic E-state index is -4.80. The van der Waals surface area contributed by atoms with Crippen LogP contribution in [0.4, 0.5) is 26.3 Å². The highest BCUT2D eigenvalue weighted by Crippen LogP contribution is 2.46. The van der Waals surface area contributed by atoms with Gasteiger partial charge in [-0.15, -0.1) is 0 Å². The molecule has 2 saturated carbocycles. The number of carbonyl (C=O) groups is 1. The summed E-state index contributed by atoms with van der Waals surface area (Å²) in [7, 11) is 0. The quantitative estimate of drug-likeness (QED) is 0.301. The van der Waals surface area contributed by atoms with Crippen LogP contribution in [-0.2, 0) is 30.0 Å². The van der Waals surface area contributed by atoms with E-state index in [1.165, 1.54) is 26.2 Å². The number of benzene rings is 2. The highest BCUT2D eigenvalue weighted by Gasteiger charge is 2.42. The van der Waals surface area contributed by atoms with Gasteiger partial charge < -0.3 is 15.2 Å². The van der Waals surface area contributed by atoms with Crippen LogP contribution in [0, 0.1) is 23.7 Å². The van der Waals surface area contributed by atoms with Crippen LogP contribution in [0.2, 0.25) is 0 Å². The Morgan fingerprint density at radius 2 is 1.70 bits per heavy atom. The van der Waals surface area contributed by atoms with Gasteiger partial charge in [-0.1, -0.05) is 52.2 Å². The van der Waals surface area contributed by atoms with Crippen molar-refractivity contribution < 1.29 is 41.0 Å². The molecule has 0 bridgehead atoms. The first-order chi connectivity index (χ1) is 20.6. The van der Waals surface area contributed by atoms with Gasteiger partial charge in [0.1, 0.15) is 11.9 Å². The van der Waals surface area contributed by atoms with E-state index in [4.69, 9.17) is 4.74 Å². The smallest absolute Gasteiger partial charge is 0.416 e. The molecule has 1 heterocycles. The fourth-order valence-corrected chi connectivity index (χ4v) is 6.05. The first-order valence-electron chi connectivity index (χ1n) is 15.3. The van der Waals surface area contributed by atoms with Gasteiger partial charge in [-0.3, -0.25) is 4.79 Å². The van der Waals surface area contributed by atoms with Gasteiger partial charge >= 0.3 is 18.3 Å². The van der Waals surface area contributed by atoms with Crippen molar-refractivity contribution in [3.8, 4) is 5.75 Å². The van der Waals surface area contributed by atoms with Crippen LogP contribution < -0.4 is 10.1 Å². The highest BCUT2D eigenvalue weighted by atomic mass is 19.4. The molecule has 4 nitrogen and oxygen atoms in total. The molecule has 2 aromatic carbocycles. The monoisotopic (exact) mass is 625 g/mol. The lowest BCUT2D eigenvalue weighted by molar-refractivity contribution is -0.142. The van der Waals surface area contributed by atoms with E-state index in [1.54, 1.807) is 13.1 Å². The summed E-state index contributed by atoms with van der Waals surface area (Å²) in [6, 6.07) is 6.26. The van der Waals surface area contributed by atoms with Gasteiger partial charge in [-0.05, 0) is 97.2 Å². The number of hydrogen-bond donors (Lipinski definition) is 2. The molecule has 0 saturated heterocycles. The zero-order valence-electron chi connectivity index (χ0n) is 25.5. The molecule has 44 heavy (non-hydrogen) atoms. The lowest BCUT2D eigenvalue weighted by Crippen LogP contribution is -2.34. The van der Waals surface area contributed by atoms with E-state index in [9.17, 15) is 36.2 Å². The molecular weight excluding hydrogens is 584 g/mol. The number of ether oxygens (including phenoxy) is 1. The van der Waals surface area contributed by atoms with Crippen LogP contribution in [-0.4, -0.2) is 17.2 Å². The Labute approximate surface area is 254 Å². The van der Waals surface area contributed by atoms with Gasteiger partial charge in [-0.25, -0.2) is 0 Å². The van der Waals surface area contributed by atoms with Gasteiger partial charge in [0.25, 0.3) is 0 Å². The predicted octanol–water partition coefficient (Wildman–Crippen LogP) is 9.38. The maximum atomic E-state index is 13.7. The molecule has 2 aromatic rings. The zero-order valence-corrected chi connectivity index (χ0v) is 25.5. The van der Waals surface area contributed by atoms with Gasteiger partial charge in [0.05, 0.1) is 17.0 Å². The van der Waals surface area contributed by atoms with Crippen LogP contribution in [0.3, 0.4) is 0 Å². The first kappa shape index (κ1) is 33.7. The summed E-state index contributed by atoms with van der Waals surface area (Å²) >= 11 is 0. The summed E-state index contributed by atoms with van der Waals surface area (Å²) in [4.78, 5) is 11.3. The van der Waals surface area contributed by atoms with Crippen LogP contribution in [0.25, 0.3) is 0 Å². The van der Waals surface area contributed by atoms with E-state index >= 15 is 0 Å². The summed E-state index contributed by atoms with van der Waals surface area (Å²) in [5.74, 6) is -0.264. The SMILES string of the molecule is C1CC1.CC(Cc1ccc2c(c1)OC(C1/C(=C/NC(C)c3cc(C(F)(F)F)ccc3C(F)(F)F)CC(C)C1C)CC2)C(=O)O. The molecule has 10 heteroatoms. The standard InChI is InChI=1S/C31H35F6NO3.C3H6/c1-16-12-22(15-38-19(4)24-14-23(30(32,33)34)8-9-25(24)31(35,36)37)28(18(16)3)26-10-7-21-6-5-20(13-27(21)41-26)11-17(2)29(39)40;1-2-3-1/h5-6,8-9,13-19,26,28,38H,7,10-12H2,1-4H3,(H,39,40);1-3H2/b22-15+;. The number of carboxylic acids is 1. The molecular formula is C34H41F6NO3. The van der Waals surface area contributed by atoms with Gasteiger partial charge in [0.15, 0.2) is 0 Å². The number of alkyl halides is 6. The fraction of sp³-hybridized carbons (Fsp3) is 0.559. The Bertz CT molecular complexity index is 1350. The average molecular weight is 626 g/mol. The Kier molecular flexibility index (Phi) is 10.3. The van der Waals surface area contributed by atoms with Crippen LogP contribution in [0.15, 0.2) is 48.2 Å². The van der Waals surface area contributed by atoms with Crippen molar-refractivity contribution in [2.24, 2.45) is 23.7 Å². The average Bonchev–Trinajstić information content (AvgIpc) is 3.81. The second kappa shape index (κ2) is 13.4. The van der Waals surface area contributed by atoms with Crippen molar-refractivity contribution in [1.82, 2.24) is 5.32 Å². The Balaban J connectivity index is 0.00000139. The largest absolute Gasteiger partial charge is 0.489 e. The molecule has 0 amide bonds. The maximum absolute atomic E-state index is 13.7. The highest BCUT2D eigenvalue weighted by molar-refractivity contribution is 5.70. The fourth-order valence-electron chi connectivity index (χ4n) is 6.05. The molecule has 5 rings (SSSR count). The van der Waals surface area contributed by atoms with Gasteiger partial charge in [-0.2, -0.15) is 26.3 Å². The summed E-state index contributed by atoms with van der Waals surface area (Å²) < 4.78 is 87.4. The van der Waals surface area contributed by atoms with Gasteiger partial charge in [0.2, 0.25) is 0 Å². The van der Waals surface area contributed by atoms with Crippen LogP contribution in [0.5, 0.6) is 5.75 Å². The number of hydrogen-bond acceptors (Lipinski definition) is 3. The molecule has 6 atom stereocenters. The van der Waals surface area contributed by atoms with Crippen molar-refractivity contribution >= 4 is 5.97 Å². The maximum Gasteiger partial charge on any atom is 0.416 e. The number of halogens is 6. The number of aliphatic carboxylic acids is 1. The van der Waals surface area contributed by atoms with E-state index in [0.29, 0.717) is 36.8 Å². The molecule has 2 aliphatic carbocycles. The summed E-state index contributed by atoms with van der Waals surface area (Å²) in [5.41, 5.74) is 0.156. The number of rotatable bonds is 7. The molecule has 3 aliphatic rings. The van der Waals surface area contributed by atoms with Crippen LogP contribution in [0.1, 0.15) is 93.7 Å². The van der Waals surface area contributed by atoms with Crippen molar-refractivity contribution in [3.63, 3.8) is 0 Å². The third-order valence-corrected chi connectivity index (χ3v) is 8.95. The van der Waals surface area contributed by atoms with Crippen molar-refractivity contribution in [3.05, 3.63) is 76.0 Å². The Hall–Kier alpha value is -3.17. The lowest BCUT2D eigenvalue weighted by Gasteiger charge is -2.34. The summed E-state index contributed by atoms with van der Waals surface area (Å²) in [5, 5.41) is 12.2. The Morgan fingerprint density at radius 1 is 1.02 bits per heavy atom. The summed E-state index contributed by atoms with van der Waals surface area (Å²) in [6.07, 6.45) is -1.04. The number of carboxylic acid groups (broad SMARTS) is 1. The number of fused-ring (bicyclic) bond motifs is 1. The number of aryl methyl sites for hydroxylation is 1. The Morgan fingerprint density at radius 3 is 2.30 bits per heavy atom. The molecule has 242 valence electrons. The van der Waals surface area contributed by atoms with E-state index in [-0.39, 0.29) is 23.9 Å². The van der Waals surface area contributed by atoms with Crippen molar-refractivity contribution in [2.75, 3.05) is 0 Å². The van der Waals surface area contributed by atoms with Crippen LogP contribution >= 0.6 is 0 Å². The molecule has 0 radical (unpaired) electrons. The summed E-state index contributed by atoms with van der Waals surface area (Å²) in [6.45, 7) is 7.28. The number of nitrogens with one attached hydrogen (secondary N) is 1. The molecule has 0 spiro atoms. The van der Waals surface area contributed by atoms with E-state index in [2.05, 4.69) is 19.2 Å². The third kappa shape index (κ3) is 8.30. The van der Waals surface area contributed by atoms with E-state index in [1.807, 2.05) is 18.2 Å².